The van der Waals surface area contributed by atoms with Crippen LogP contribution in [0.15, 0.2) is 42.6 Å². The van der Waals surface area contributed by atoms with Crippen molar-refractivity contribution in [1.82, 2.24) is 9.88 Å². The molecule has 0 aliphatic heterocycles. The Labute approximate surface area is 123 Å². The third-order valence-corrected chi connectivity index (χ3v) is 2.96. The predicted octanol–water partition coefficient (Wildman–Crippen LogP) is 2.27. The molecule has 0 saturated carbocycles. The van der Waals surface area contributed by atoms with Crippen LogP contribution in [0.2, 0.25) is 0 Å². The number of pyridine rings is 1. The fourth-order valence-electron chi connectivity index (χ4n) is 1.79. The van der Waals surface area contributed by atoms with E-state index in [0.29, 0.717) is 17.8 Å². The molecule has 2 rings (SSSR count). The van der Waals surface area contributed by atoms with E-state index >= 15 is 0 Å². The van der Waals surface area contributed by atoms with Crippen molar-refractivity contribution in [2.75, 3.05) is 19.4 Å². The standard InChI is InChI=1S/C16H16N4O/c1-20(2)16(21)15-9-14(7-8-18-15)19-11-13-5-3-12(10-17)4-6-13/h3-9H,11H2,1-2H3,(H,18,19). The van der Waals surface area contributed by atoms with E-state index < -0.39 is 0 Å². The Bertz CT molecular complexity index is 671. The molecule has 5 heteroatoms. The molecule has 0 saturated heterocycles. The molecule has 0 unspecified atom stereocenters. The van der Waals surface area contributed by atoms with Gasteiger partial charge in [0.25, 0.3) is 5.91 Å². The molecule has 0 spiro atoms. The first-order valence-corrected chi connectivity index (χ1v) is 6.51. The molecule has 1 heterocycles. The van der Waals surface area contributed by atoms with E-state index in [0.717, 1.165) is 11.3 Å². The zero-order chi connectivity index (χ0) is 15.2. The maximum absolute atomic E-state index is 11.8. The third-order valence-electron chi connectivity index (χ3n) is 2.96. The third kappa shape index (κ3) is 3.80. The average Bonchev–Trinajstić information content (AvgIpc) is 2.53. The highest BCUT2D eigenvalue weighted by atomic mass is 16.2. The Morgan fingerprint density at radius 2 is 2.00 bits per heavy atom. The Morgan fingerprint density at radius 3 is 2.62 bits per heavy atom. The van der Waals surface area contributed by atoms with Gasteiger partial charge in [0.1, 0.15) is 5.69 Å². The van der Waals surface area contributed by atoms with Crippen molar-refractivity contribution in [1.29, 1.82) is 5.26 Å². The molecule has 0 aliphatic rings. The van der Waals surface area contributed by atoms with Crippen molar-refractivity contribution < 1.29 is 4.79 Å². The number of benzene rings is 1. The molecule has 0 aliphatic carbocycles. The van der Waals surface area contributed by atoms with Crippen molar-refractivity contribution in [3.8, 4) is 6.07 Å². The molecule has 2 aromatic rings. The fraction of sp³-hybridized carbons (Fsp3) is 0.188. The van der Waals surface area contributed by atoms with Crippen LogP contribution in [0.1, 0.15) is 21.6 Å². The first-order valence-electron chi connectivity index (χ1n) is 6.51. The topological polar surface area (TPSA) is 69.0 Å². The minimum absolute atomic E-state index is 0.128. The largest absolute Gasteiger partial charge is 0.381 e. The van der Waals surface area contributed by atoms with Gasteiger partial charge in [-0.3, -0.25) is 9.78 Å². The molecule has 0 atom stereocenters. The monoisotopic (exact) mass is 280 g/mol. The van der Waals surface area contributed by atoms with Crippen LogP contribution in [0.4, 0.5) is 5.69 Å². The van der Waals surface area contributed by atoms with Crippen LogP contribution in [-0.2, 0) is 6.54 Å². The van der Waals surface area contributed by atoms with Gasteiger partial charge >= 0.3 is 0 Å². The lowest BCUT2D eigenvalue weighted by molar-refractivity contribution is 0.0822. The molecule has 1 aromatic carbocycles. The zero-order valence-corrected chi connectivity index (χ0v) is 12.0. The van der Waals surface area contributed by atoms with E-state index in [4.69, 9.17) is 5.26 Å². The van der Waals surface area contributed by atoms with E-state index in [2.05, 4.69) is 16.4 Å². The van der Waals surface area contributed by atoms with Crippen LogP contribution < -0.4 is 5.32 Å². The van der Waals surface area contributed by atoms with Crippen molar-refractivity contribution in [2.45, 2.75) is 6.54 Å². The molecular formula is C16H16N4O. The maximum Gasteiger partial charge on any atom is 0.272 e. The number of anilines is 1. The second-order valence-electron chi connectivity index (χ2n) is 4.79. The number of rotatable bonds is 4. The Kier molecular flexibility index (Phi) is 4.52. The SMILES string of the molecule is CN(C)C(=O)c1cc(NCc2ccc(C#N)cc2)ccn1. The number of hydrogen-bond donors (Lipinski definition) is 1. The summed E-state index contributed by atoms with van der Waals surface area (Å²) >= 11 is 0. The number of carbonyl (C=O) groups excluding carboxylic acids is 1. The lowest BCUT2D eigenvalue weighted by Crippen LogP contribution is -2.22. The summed E-state index contributed by atoms with van der Waals surface area (Å²) in [7, 11) is 3.39. The molecule has 5 nitrogen and oxygen atoms in total. The van der Waals surface area contributed by atoms with Gasteiger partial charge in [-0.2, -0.15) is 5.26 Å². The van der Waals surface area contributed by atoms with Crippen LogP contribution in [0.5, 0.6) is 0 Å². The lowest BCUT2D eigenvalue weighted by Gasteiger charge is -2.11. The Hall–Kier alpha value is -2.87. The number of nitrogens with zero attached hydrogens (tertiary/aromatic N) is 3. The summed E-state index contributed by atoms with van der Waals surface area (Å²) in [6.45, 7) is 0.616. The first kappa shape index (κ1) is 14.5. The molecule has 1 N–H and O–H groups in total. The number of aromatic nitrogens is 1. The van der Waals surface area contributed by atoms with Crippen molar-refractivity contribution >= 4 is 11.6 Å². The van der Waals surface area contributed by atoms with Gasteiger partial charge in [-0.25, -0.2) is 0 Å². The number of carbonyl (C=O) groups is 1. The molecule has 106 valence electrons. The van der Waals surface area contributed by atoms with Crippen LogP contribution in [-0.4, -0.2) is 29.9 Å². The van der Waals surface area contributed by atoms with Gasteiger partial charge in [-0.05, 0) is 29.8 Å². The molecule has 1 aromatic heterocycles. The minimum atomic E-state index is -0.128. The summed E-state index contributed by atoms with van der Waals surface area (Å²) in [6, 6.07) is 13.0. The summed E-state index contributed by atoms with van der Waals surface area (Å²) in [5.74, 6) is -0.128. The van der Waals surface area contributed by atoms with E-state index in [1.165, 1.54) is 4.90 Å². The van der Waals surface area contributed by atoms with Crippen molar-refractivity contribution in [3.05, 3.63) is 59.4 Å². The van der Waals surface area contributed by atoms with Crippen molar-refractivity contribution in [3.63, 3.8) is 0 Å². The normalized spacial score (nSPS) is 9.76. The number of amides is 1. The average molecular weight is 280 g/mol. The summed E-state index contributed by atoms with van der Waals surface area (Å²) in [4.78, 5) is 17.4. The van der Waals surface area contributed by atoms with Crippen molar-refractivity contribution in [2.24, 2.45) is 0 Å². The fourth-order valence-corrected chi connectivity index (χ4v) is 1.79. The highest BCUT2D eigenvalue weighted by Gasteiger charge is 2.09. The van der Waals surface area contributed by atoms with E-state index in [1.54, 1.807) is 38.5 Å². The molecule has 21 heavy (non-hydrogen) atoms. The first-order chi connectivity index (χ1) is 10.1. The number of hydrogen-bond acceptors (Lipinski definition) is 4. The van der Waals surface area contributed by atoms with Crippen LogP contribution in [0.3, 0.4) is 0 Å². The van der Waals surface area contributed by atoms with Crippen LogP contribution in [0, 0.1) is 11.3 Å². The van der Waals surface area contributed by atoms with Gasteiger partial charge in [-0.15, -0.1) is 0 Å². The van der Waals surface area contributed by atoms with E-state index in [9.17, 15) is 4.79 Å². The van der Waals surface area contributed by atoms with Crippen LogP contribution in [0.25, 0.3) is 0 Å². The molecular weight excluding hydrogens is 264 g/mol. The Morgan fingerprint density at radius 1 is 1.29 bits per heavy atom. The quantitative estimate of drug-likeness (QED) is 0.932. The summed E-state index contributed by atoms with van der Waals surface area (Å²) in [6.07, 6.45) is 1.61. The zero-order valence-electron chi connectivity index (χ0n) is 12.0. The number of nitriles is 1. The van der Waals surface area contributed by atoms with Gasteiger partial charge in [0.05, 0.1) is 11.6 Å². The van der Waals surface area contributed by atoms with Gasteiger partial charge in [-0.1, -0.05) is 12.1 Å². The number of nitrogens with one attached hydrogen (secondary N) is 1. The van der Waals surface area contributed by atoms with Gasteiger partial charge in [0.15, 0.2) is 0 Å². The Balaban J connectivity index is 2.04. The van der Waals surface area contributed by atoms with Gasteiger partial charge in [0.2, 0.25) is 0 Å². The smallest absolute Gasteiger partial charge is 0.272 e. The van der Waals surface area contributed by atoms with Gasteiger partial charge in [0, 0.05) is 32.5 Å². The van der Waals surface area contributed by atoms with E-state index in [-0.39, 0.29) is 5.91 Å². The van der Waals surface area contributed by atoms with Crippen LogP contribution >= 0.6 is 0 Å². The van der Waals surface area contributed by atoms with E-state index in [1.807, 2.05) is 18.2 Å². The molecule has 0 radical (unpaired) electrons. The highest BCUT2D eigenvalue weighted by molar-refractivity contribution is 5.92. The second kappa shape index (κ2) is 6.53. The lowest BCUT2D eigenvalue weighted by atomic mass is 10.1. The summed E-state index contributed by atoms with van der Waals surface area (Å²) in [5.41, 5.74) is 2.94. The minimum Gasteiger partial charge on any atom is -0.381 e. The summed E-state index contributed by atoms with van der Waals surface area (Å²) < 4.78 is 0. The summed E-state index contributed by atoms with van der Waals surface area (Å²) in [5, 5.41) is 12.0. The second-order valence-corrected chi connectivity index (χ2v) is 4.79. The maximum atomic E-state index is 11.8. The van der Waals surface area contributed by atoms with Gasteiger partial charge < -0.3 is 10.2 Å². The highest BCUT2D eigenvalue weighted by Crippen LogP contribution is 2.11. The molecule has 1 amide bonds. The molecule has 0 fully saturated rings. The molecule has 0 bridgehead atoms. The predicted molar refractivity (Wildman–Crippen MR) is 80.7 cm³/mol.